The van der Waals surface area contributed by atoms with E-state index in [4.69, 9.17) is 21.1 Å². The number of hydrogen-bond acceptors (Lipinski definition) is 3. The molecule has 0 saturated heterocycles. The SMILES string of the molecule is COc1cccc(CN[C@H](C)c2ccccc2Cl)c1OC. The smallest absolute Gasteiger partial charge is 0.165 e. The van der Waals surface area contributed by atoms with Crippen molar-refractivity contribution in [3.8, 4) is 11.5 Å². The molecule has 0 aromatic heterocycles. The minimum Gasteiger partial charge on any atom is -0.493 e. The maximum Gasteiger partial charge on any atom is 0.165 e. The molecule has 0 heterocycles. The first-order chi connectivity index (χ1) is 10.2. The van der Waals surface area contributed by atoms with Crippen molar-refractivity contribution < 1.29 is 9.47 Å². The number of methoxy groups -OCH3 is 2. The molecule has 1 N–H and O–H groups in total. The van der Waals surface area contributed by atoms with Crippen molar-refractivity contribution >= 4 is 11.6 Å². The lowest BCUT2D eigenvalue weighted by Gasteiger charge is -2.18. The molecule has 0 fully saturated rings. The van der Waals surface area contributed by atoms with Crippen molar-refractivity contribution in [2.75, 3.05) is 14.2 Å². The van der Waals surface area contributed by atoms with Gasteiger partial charge in [-0.25, -0.2) is 0 Å². The quantitative estimate of drug-likeness (QED) is 0.867. The maximum atomic E-state index is 6.22. The second-order valence-electron chi connectivity index (χ2n) is 4.78. The van der Waals surface area contributed by atoms with Crippen LogP contribution in [0.15, 0.2) is 42.5 Å². The van der Waals surface area contributed by atoms with E-state index < -0.39 is 0 Å². The normalized spacial score (nSPS) is 12.0. The number of rotatable bonds is 6. The lowest BCUT2D eigenvalue weighted by Crippen LogP contribution is -2.19. The van der Waals surface area contributed by atoms with Gasteiger partial charge in [-0.05, 0) is 24.6 Å². The first kappa shape index (κ1) is 15.7. The summed E-state index contributed by atoms with van der Waals surface area (Å²) >= 11 is 6.22. The zero-order valence-corrected chi connectivity index (χ0v) is 13.3. The van der Waals surface area contributed by atoms with Crippen LogP contribution in [0, 0.1) is 0 Å². The van der Waals surface area contributed by atoms with Crippen LogP contribution in [0.1, 0.15) is 24.1 Å². The first-order valence-electron chi connectivity index (χ1n) is 6.85. The van der Waals surface area contributed by atoms with Gasteiger partial charge in [0.2, 0.25) is 0 Å². The predicted octanol–water partition coefficient (Wildman–Crippen LogP) is 4.21. The van der Waals surface area contributed by atoms with Gasteiger partial charge in [-0.15, -0.1) is 0 Å². The average Bonchev–Trinajstić information content (AvgIpc) is 2.52. The number of ether oxygens (including phenoxy) is 2. The molecule has 0 aliphatic carbocycles. The second-order valence-corrected chi connectivity index (χ2v) is 5.18. The van der Waals surface area contributed by atoms with E-state index in [0.29, 0.717) is 6.54 Å². The molecule has 3 nitrogen and oxygen atoms in total. The molecule has 0 saturated carbocycles. The highest BCUT2D eigenvalue weighted by Gasteiger charge is 2.12. The zero-order chi connectivity index (χ0) is 15.2. The van der Waals surface area contributed by atoms with Gasteiger partial charge in [-0.2, -0.15) is 0 Å². The van der Waals surface area contributed by atoms with Crippen molar-refractivity contribution in [1.29, 1.82) is 0 Å². The van der Waals surface area contributed by atoms with E-state index in [-0.39, 0.29) is 6.04 Å². The number of para-hydroxylation sites is 1. The Morgan fingerprint density at radius 2 is 1.81 bits per heavy atom. The molecule has 0 amide bonds. The minimum absolute atomic E-state index is 0.148. The molecule has 2 rings (SSSR count). The molecule has 112 valence electrons. The zero-order valence-electron chi connectivity index (χ0n) is 12.5. The highest BCUT2D eigenvalue weighted by Crippen LogP contribution is 2.31. The van der Waals surface area contributed by atoms with Gasteiger partial charge in [0, 0.05) is 23.2 Å². The van der Waals surface area contributed by atoms with Crippen LogP contribution in [-0.2, 0) is 6.54 Å². The highest BCUT2D eigenvalue weighted by atomic mass is 35.5. The van der Waals surface area contributed by atoms with Gasteiger partial charge in [0.25, 0.3) is 0 Å². The molecule has 1 atom stereocenters. The molecule has 2 aromatic rings. The van der Waals surface area contributed by atoms with Crippen LogP contribution >= 0.6 is 11.6 Å². The van der Waals surface area contributed by atoms with E-state index in [2.05, 4.69) is 12.2 Å². The molecule has 0 spiro atoms. The highest BCUT2D eigenvalue weighted by molar-refractivity contribution is 6.31. The molecule has 0 radical (unpaired) electrons. The third kappa shape index (κ3) is 3.69. The summed E-state index contributed by atoms with van der Waals surface area (Å²) in [6.45, 7) is 2.76. The van der Waals surface area contributed by atoms with Crippen LogP contribution in [-0.4, -0.2) is 14.2 Å². The summed E-state index contributed by atoms with van der Waals surface area (Å²) in [6, 6.07) is 13.9. The van der Waals surface area contributed by atoms with Crippen molar-refractivity contribution in [3.63, 3.8) is 0 Å². The molecule has 0 unspecified atom stereocenters. The third-order valence-electron chi connectivity index (χ3n) is 3.45. The van der Waals surface area contributed by atoms with Crippen molar-refractivity contribution in [1.82, 2.24) is 5.32 Å². The van der Waals surface area contributed by atoms with Crippen molar-refractivity contribution in [2.45, 2.75) is 19.5 Å². The van der Waals surface area contributed by atoms with E-state index in [1.54, 1.807) is 14.2 Å². The summed E-state index contributed by atoms with van der Waals surface area (Å²) in [6.07, 6.45) is 0. The van der Waals surface area contributed by atoms with Gasteiger partial charge in [0.1, 0.15) is 0 Å². The van der Waals surface area contributed by atoms with Gasteiger partial charge < -0.3 is 14.8 Å². The number of hydrogen-bond donors (Lipinski definition) is 1. The predicted molar refractivity (Wildman–Crippen MR) is 86.3 cm³/mol. The van der Waals surface area contributed by atoms with E-state index >= 15 is 0 Å². The van der Waals surface area contributed by atoms with Gasteiger partial charge in [0.05, 0.1) is 14.2 Å². The Labute approximate surface area is 130 Å². The Bertz CT molecular complexity index is 601. The number of benzene rings is 2. The monoisotopic (exact) mass is 305 g/mol. The summed E-state index contributed by atoms with van der Waals surface area (Å²) in [5.41, 5.74) is 2.14. The number of halogens is 1. The third-order valence-corrected chi connectivity index (χ3v) is 3.80. The summed E-state index contributed by atoms with van der Waals surface area (Å²) in [5.74, 6) is 1.50. The molecular weight excluding hydrogens is 286 g/mol. The Kier molecular flexibility index (Phi) is 5.48. The fraction of sp³-hybridized carbons (Fsp3) is 0.294. The van der Waals surface area contributed by atoms with Gasteiger partial charge in [-0.3, -0.25) is 0 Å². The summed E-state index contributed by atoms with van der Waals surface area (Å²) < 4.78 is 10.8. The average molecular weight is 306 g/mol. The van der Waals surface area contributed by atoms with Crippen LogP contribution in [0.5, 0.6) is 11.5 Å². The largest absolute Gasteiger partial charge is 0.493 e. The molecule has 0 bridgehead atoms. The Balaban J connectivity index is 2.11. The fourth-order valence-corrected chi connectivity index (χ4v) is 2.59. The van der Waals surface area contributed by atoms with Crippen LogP contribution in [0.4, 0.5) is 0 Å². The van der Waals surface area contributed by atoms with Gasteiger partial charge >= 0.3 is 0 Å². The van der Waals surface area contributed by atoms with E-state index in [0.717, 1.165) is 27.6 Å². The summed E-state index contributed by atoms with van der Waals surface area (Å²) in [4.78, 5) is 0. The Hall–Kier alpha value is -1.71. The molecular formula is C17H20ClNO2. The molecule has 0 aliphatic heterocycles. The van der Waals surface area contributed by atoms with E-state index in [9.17, 15) is 0 Å². The lowest BCUT2D eigenvalue weighted by molar-refractivity contribution is 0.350. The van der Waals surface area contributed by atoms with Crippen LogP contribution in [0.3, 0.4) is 0 Å². The Morgan fingerprint density at radius 1 is 1.05 bits per heavy atom. The minimum atomic E-state index is 0.148. The van der Waals surface area contributed by atoms with Gasteiger partial charge in [-0.1, -0.05) is 41.9 Å². The van der Waals surface area contributed by atoms with E-state index in [1.807, 2.05) is 42.5 Å². The topological polar surface area (TPSA) is 30.5 Å². The van der Waals surface area contributed by atoms with Crippen molar-refractivity contribution in [2.24, 2.45) is 0 Å². The maximum absolute atomic E-state index is 6.22. The molecule has 2 aromatic carbocycles. The van der Waals surface area contributed by atoms with E-state index in [1.165, 1.54) is 0 Å². The number of nitrogens with one attached hydrogen (secondary N) is 1. The molecule has 0 aliphatic rings. The van der Waals surface area contributed by atoms with Crippen molar-refractivity contribution in [3.05, 3.63) is 58.6 Å². The summed E-state index contributed by atoms with van der Waals surface area (Å²) in [5, 5.41) is 4.24. The molecule has 4 heteroatoms. The lowest BCUT2D eigenvalue weighted by atomic mass is 10.1. The van der Waals surface area contributed by atoms with Crippen LogP contribution < -0.4 is 14.8 Å². The van der Waals surface area contributed by atoms with Crippen LogP contribution in [0.25, 0.3) is 0 Å². The summed E-state index contributed by atoms with van der Waals surface area (Å²) in [7, 11) is 3.29. The first-order valence-corrected chi connectivity index (χ1v) is 7.22. The molecule has 21 heavy (non-hydrogen) atoms. The van der Waals surface area contributed by atoms with Gasteiger partial charge in [0.15, 0.2) is 11.5 Å². The fourth-order valence-electron chi connectivity index (χ4n) is 2.29. The standard InChI is InChI=1S/C17H20ClNO2/c1-12(14-8-4-5-9-15(14)18)19-11-13-7-6-10-16(20-2)17(13)21-3/h4-10,12,19H,11H2,1-3H3/t12-/m1/s1. The second kappa shape index (κ2) is 7.34. The van der Waals surface area contributed by atoms with Crippen LogP contribution in [0.2, 0.25) is 5.02 Å². The Morgan fingerprint density at radius 3 is 2.48 bits per heavy atom.